The lowest BCUT2D eigenvalue weighted by Gasteiger charge is -2.17. The monoisotopic (exact) mass is 340 g/mol. The molecule has 0 radical (unpaired) electrons. The zero-order valence-corrected chi connectivity index (χ0v) is 14.7. The first-order valence-corrected chi connectivity index (χ1v) is 7.67. The molecule has 0 saturated carbocycles. The van der Waals surface area contributed by atoms with Gasteiger partial charge in [-0.1, -0.05) is 0 Å². The van der Waals surface area contributed by atoms with Crippen molar-refractivity contribution in [1.29, 1.82) is 0 Å². The molecule has 1 aromatic rings. The molecule has 1 rings (SSSR count). The van der Waals surface area contributed by atoms with Gasteiger partial charge in [0.1, 0.15) is 0 Å². The van der Waals surface area contributed by atoms with Crippen molar-refractivity contribution in [2.45, 2.75) is 33.7 Å². The molecule has 7 nitrogen and oxygen atoms in total. The van der Waals surface area contributed by atoms with Gasteiger partial charge in [-0.15, -0.1) is 0 Å². The first-order chi connectivity index (χ1) is 11.5. The Labute approximate surface area is 141 Å². The number of hydrogen-bond acceptors (Lipinski definition) is 7. The van der Waals surface area contributed by atoms with E-state index in [1.807, 2.05) is 6.92 Å². The molecule has 0 bridgehead atoms. The number of methoxy groups -OCH3 is 2. The van der Waals surface area contributed by atoms with Crippen LogP contribution in [0.3, 0.4) is 0 Å². The SMILES string of the molecule is CCOC(=O)C(=O)c1cc(OC)c(OC)cc1COC(C)OCC. The Bertz CT molecular complexity index is 568. The number of ether oxygens (including phenoxy) is 5. The lowest BCUT2D eigenvalue weighted by molar-refractivity contribution is -0.137. The highest BCUT2D eigenvalue weighted by atomic mass is 16.7. The van der Waals surface area contributed by atoms with Crippen molar-refractivity contribution in [2.75, 3.05) is 27.4 Å². The zero-order chi connectivity index (χ0) is 18.1. The molecular formula is C17H24O7. The van der Waals surface area contributed by atoms with Crippen LogP contribution in [-0.2, 0) is 25.6 Å². The van der Waals surface area contributed by atoms with Gasteiger partial charge in [0.05, 0.1) is 27.4 Å². The van der Waals surface area contributed by atoms with Gasteiger partial charge in [0.15, 0.2) is 17.8 Å². The van der Waals surface area contributed by atoms with E-state index in [0.717, 1.165) is 0 Å². The lowest BCUT2D eigenvalue weighted by atomic mass is 10.0. The van der Waals surface area contributed by atoms with Crippen LogP contribution in [0, 0.1) is 0 Å². The maximum absolute atomic E-state index is 12.3. The number of carbonyl (C=O) groups is 2. The van der Waals surface area contributed by atoms with Gasteiger partial charge in [0.2, 0.25) is 0 Å². The Hall–Kier alpha value is -2.12. The predicted molar refractivity (Wildman–Crippen MR) is 86.4 cm³/mol. The van der Waals surface area contributed by atoms with Crippen molar-refractivity contribution in [3.63, 3.8) is 0 Å². The van der Waals surface area contributed by atoms with E-state index < -0.39 is 18.0 Å². The highest BCUT2D eigenvalue weighted by molar-refractivity contribution is 6.41. The van der Waals surface area contributed by atoms with Gasteiger partial charge < -0.3 is 23.7 Å². The third-order valence-electron chi connectivity index (χ3n) is 3.19. The molecule has 24 heavy (non-hydrogen) atoms. The molecule has 0 spiro atoms. The van der Waals surface area contributed by atoms with Crippen LogP contribution in [0.1, 0.15) is 36.7 Å². The molecule has 0 aliphatic rings. The zero-order valence-electron chi connectivity index (χ0n) is 14.7. The number of Topliss-reactive ketones (excluding diaryl/α,β-unsaturated/α-hetero) is 1. The number of rotatable bonds is 10. The summed E-state index contributed by atoms with van der Waals surface area (Å²) in [4.78, 5) is 24.1. The van der Waals surface area contributed by atoms with Crippen molar-refractivity contribution in [3.05, 3.63) is 23.3 Å². The Morgan fingerprint density at radius 2 is 1.62 bits per heavy atom. The maximum Gasteiger partial charge on any atom is 0.379 e. The van der Waals surface area contributed by atoms with Crippen molar-refractivity contribution < 1.29 is 33.3 Å². The van der Waals surface area contributed by atoms with Crippen molar-refractivity contribution in [1.82, 2.24) is 0 Å². The fraction of sp³-hybridized carbons (Fsp3) is 0.529. The first-order valence-electron chi connectivity index (χ1n) is 7.67. The summed E-state index contributed by atoms with van der Waals surface area (Å²) in [5.74, 6) is -0.920. The molecule has 1 aromatic carbocycles. The maximum atomic E-state index is 12.3. The molecular weight excluding hydrogens is 316 g/mol. The smallest absolute Gasteiger partial charge is 0.379 e. The van der Waals surface area contributed by atoms with Crippen molar-refractivity contribution >= 4 is 11.8 Å². The van der Waals surface area contributed by atoms with Crippen LogP contribution >= 0.6 is 0 Å². The number of esters is 1. The van der Waals surface area contributed by atoms with Gasteiger partial charge in [0.25, 0.3) is 5.78 Å². The average molecular weight is 340 g/mol. The van der Waals surface area contributed by atoms with E-state index in [1.54, 1.807) is 19.9 Å². The van der Waals surface area contributed by atoms with E-state index in [1.165, 1.54) is 20.3 Å². The van der Waals surface area contributed by atoms with Crippen LogP contribution in [0.15, 0.2) is 12.1 Å². The van der Waals surface area contributed by atoms with Crippen LogP contribution in [0.25, 0.3) is 0 Å². The number of carbonyl (C=O) groups excluding carboxylic acids is 2. The van der Waals surface area contributed by atoms with Crippen molar-refractivity contribution in [3.8, 4) is 11.5 Å². The first kappa shape index (κ1) is 19.9. The molecule has 134 valence electrons. The van der Waals surface area contributed by atoms with Gasteiger partial charge in [-0.05, 0) is 38.5 Å². The fourth-order valence-electron chi connectivity index (χ4n) is 2.05. The van der Waals surface area contributed by atoms with E-state index in [-0.39, 0.29) is 18.8 Å². The third kappa shape index (κ3) is 5.21. The Balaban J connectivity index is 3.16. The summed E-state index contributed by atoms with van der Waals surface area (Å²) in [7, 11) is 2.93. The van der Waals surface area contributed by atoms with E-state index >= 15 is 0 Å². The largest absolute Gasteiger partial charge is 0.493 e. The molecule has 0 heterocycles. The second kappa shape index (κ2) is 9.89. The minimum absolute atomic E-state index is 0.0714. The average Bonchev–Trinajstić information content (AvgIpc) is 2.58. The molecule has 1 unspecified atom stereocenters. The summed E-state index contributed by atoms with van der Waals surface area (Å²) in [5.41, 5.74) is 0.632. The predicted octanol–water partition coefficient (Wildman–Crippen LogP) is 2.35. The minimum Gasteiger partial charge on any atom is -0.493 e. The molecule has 7 heteroatoms. The van der Waals surface area contributed by atoms with Crippen LogP contribution in [-0.4, -0.2) is 45.5 Å². The van der Waals surface area contributed by atoms with Gasteiger partial charge in [-0.2, -0.15) is 0 Å². The summed E-state index contributed by atoms with van der Waals surface area (Å²) in [6.07, 6.45) is -0.450. The third-order valence-corrected chi connectivity index (χ3v) is 3.19. The fourth-order valence-corrected chi connectivity index (χ4v) is 2.05. The van der Waals surface area contributed by atoms with Crippen molar-refractivity contribution in [2.24, 2.45) is 0 Å². The van der Waals surface area contributed by atoms with Gasteiger partial charge in [-0.25, -0.2) is 4.79 Å². The van der Waals surface area contributed by atoms with Crippen LogP contribution < -0.4 is 9.47 Å². The van der Waals surface area contributed by atoms with E-state index in [9.17, 15) is 9.59 Å². The van der Waals surface area contributed by atoms with Gasteiger partial charge in [-0.3, -0.25) is 4.79 Å². The molecule has 0 aromatic heterocycles. The minimum atomic E-state index is -0.927. The lowest BCUT2D eigenvalue weighted by Crippen LogP contribution is -2.20. The van der Waals surface area contributed by atoms with E-state index in [0.29, 0.717) is 23.7 Å². The highest BCUT2D eigenvalue weighted by Gasteiger charge is 2.24. The highest BCUT2D eigenvalue weighted by Crippen LogP contribution is 2.31. The van der Waals surface area contributed by atoms with Crippen LogP contribution in [0.5, 0.6) is 11.5 Å². The van der Waals surface area contributed by atoms with E-state index in [2.05, 4.69) is 0 Å². The summed E-state index contributed by atoms with van der Waals surface area (Å²) < 4.78 is 26.1. The van der Waals surface area contributed by atoms with Crippen LogP contribution in [0.2, 0.25) is 0 Å². The van der Waals surface area contributed by atoms with Gasteiger partial charge in [0, 0.05) is 12.2 Å². The quantitative estimate of drug-likeness (QED) is 0.280. The molecule has 0 aliphatic carbocycles. The Morgan fingerprint density at radius 1 is 1.00 bits per heavy atom. The second-order valence-electron chi connectivity index (χ2n) is 4.75. The standard InChI is InChI=1S/C17H24O7/c1-6-22-11(3)24-10-12-8-14(20-4)15(21-5)9-13(12)16(18)17(19)23-7-2/h8-9,11H,6-7,10H2,1-5H3. The molecule has 0 fully saturated rings. The molecule has 0 aliphatic heterocycles. The Morgan fingerprint density at radius 3 is 2.17 bits per heavy atom. The summed E-state index contributed by atoms with van der Waals surface area (Å²) in [6, 6.07) is 3.05. The van der Waals surface area contributed by atoms with E-state index in [4.69, 9.17) is 23.7 Å². The second-order valence-corrected chi connectivity index (χ2v) is 4.75. The number of ketones is 1. The number of benzene rings is 1. The Kier molecular flexibility index (Phi) is 8.21. The normalized spacial score (nSPS) is 11.7. The molecule has 1 atom stereocenters. The topological polar surface area (TPSA) is 80.3 Å². The van der Waals surface area contributed by atoms with Crippen LogP contribution in [0.4, 0.5) is 0 Å². The molecule has 0 amide bonds. The number of hydrogen-bond donors (Lipinski definition) is 0. The molecule has 0 saturated heterocycles. The summed E-state index contributed by atoms with van der Waals surface area (Å²) in [6.45, 7) is 5.92. The summed E-state index contributed by atoms with van der Waals surface area (Å²) in [5, 5.41) is 0. The molecule has 0 N–H and O–H groups in total. The van der Waals surface area contributed by atoms with Gasteiger partial charge >= 0.3 is 5.97 Å². The summed E-state index contributed by atoms with van der Waals surface area (Å²) >= 11 is 0.